The molecule has 0 bridgehead atoms. The number of methoxy groups -OCH3 is 1. The van der Waals surface area contributed by atoms with Crippen molar-refractivity contribution < 1.29 is 9.53 Å². The zero-order chi connectivity index (χ0) is 12.1. The number of rotatable bonds is 3. The summed E-state index contributed by atoms with van der Waals surface area (Å²) in [5.74, 6) is -0.0904. The molecule has 4 nitrogen and oxygen atoms in total. The highest BCUT2D eigenvalue weighted by Crippen LogP contribution is 2.20. The topological polar surface area (TPSA) is 51.2 Å². The van der Waals surface area contributed by atoms with Gasteiger partial charge in [-0.3, -0.25) is 9.78 Å². The van der Waals surface area contributed by atoms with Crippen molar-refractivity contribution in [3.8, 4) is 0 Å². The van der Waals surface area contributed by atoms with Crippen LogP contribution in [0, 0.1) is 0 Å². The molecule has 1 fully saturated rings. The van der Waals surface area contributed by atoms with Gasteiger partial charge in [-0.25, -0.2) is 0 Å². The van der Waals surface area contributed by atoms with Crippen molar-refractivity contribution in [2.24, 2.45) is 0 Å². The van der Waals surface area contributed by atoms with Gasteiger partial charge in [-0.2, -0.15) is 0 Å². The predicted molar refractivity (Wildman–Crippen MR) is 64.8 cm³/mol. The molecule has 92 valence electrons. The average Bonchev–Trinajstić information content (AvgIpc) is 2.40. The van der Waals surface area contributed by atoms with E-state index in [-0.39, 0.29) is 18.1 Å². The minimum absolute atomic E-state index is 0.0904. The lowest BCUT2D eigenvalue weighted by molar-refractivity contribution is 0.0562. The molecule has 1 aliphatic carbocycles. The van der Waals surface area contributed by atoms with Crippen molar-refractivity contribution in [2.45, 2.75) is 37.8 Å². The zero-order valence-corrected chi connectivity index (χ0v) is 10.1. The summed E-state index contributed by atoms with van der Waals surface area (Å²) < 4.78 is 5.34. The van der Waals surface area contributed by atoms with Crippen molar-refractivity contribution in [1.82, 2.24) is 10.3 Å². The van der Waals surface area contributed by atoms with Gasteiger partial charge in [-0.05, 0) is 37.8 Å². The van der Waals surface area contributed by atoms with Crippen LogP contribution in [0.5, 0.6) is 0 Å². The summed E-state index contributed by atoms with van der Waals surface area (Å²) in [7, 11) is 1.73. The van der Waals surface area contributed by atoms with Crippen LogP contribution in [0.3, 0.4) is 0 Å². The SMILES string of the molecule is CO[C@@H]1CCCC(NC(=O)c2ccccn2)C1. The molecular formula is C13H18N2O2. The Morgan fingerprint density at radius 3 is 3.06 bits per heavy atom. The van der Waals surface area contributed by atoms with Gasteiger partial charge in [0.15, 0.2) is 0 Å². The summed E-state index contributed by atoms with van der Waals surface area (Å²) in [5, 5.41) is 3.02. The molecule has 1 aliphatic rings. The van der Waals surface area contributed by atoms with Crippen molar-refractivity contribution >= 4 is 5.91 Å². The lowest BCUT2D eigenvalue weighted by atomic mass is 9.93. The van der Waals surface area contributed by atoms with E-state index in [0.29, 0.717) is 5.69 Å². The number of nitrogens with one attached hydrogen (secondary N) is 1. The second-order valence-electron chi connectivity index (χ2n) is 4.41. The van der Waals surface area contributed by atoms with Gasteiger partial charge in [0.1, 0.15) is 5.69 Å². The van der Waals surface area contributed by atoms with E-state index < -0.39 is 0 Å². The fraction of sp³-hybridized carbons (Fsp3) is 0.538. The van der Waals surface area contributed by atoms with Gasteiger partial charge in [0.05, 0.1) is 6.10 Å². The third kappa shape index (κ3) is 3.27. The molecule has 0 aromatic carbocycles. The molecule has 2 rings (SSSR count). The van der Waals surface area contributed by atoms with Gasteiger partial charge >= 0.3 is 0 Å². The van der Waals surface area contributed by atoms with Gasteiger partial charge in [0, 0.05) is 19.3 Å². The lowest BCUT2D eigenvalue weighted by Gasteiger charge is -2.28. The number of ether oxygens (including phenoxy) is 1. The summed E-state index contributed by atoms with van der Waals surface area (Å²) in [6.45, 7) is 0. The Kier molecular flexibility index (Phi) is 4.09. The van der Waals surface area contributed by atoms with Crippen LogP contribution in [-0.2, 0) is 4.74 Å². The van der Waals surface area contributed by atoms with Gasteiger partial charge < -0.3 is 10.1 Å². The Labute approximate surface area is 101 Å². The van der Waals surface area contributed by atoms with E-state index in [0.717, 1.165) is 25.7 Å². The molecule has 0 aliphatic heterocycles. The van der Waals surface area contributed by atoms with E-state index in [9.17, 15) is 4.79 Å². The maximum atomic E-state index is 11.9. The molecule has 1 amide bonds. The number of aromatic nitrogens is 1. The molecule has 1 N–H and O–H groups in total. The van der Waals surface area contributed by atoms with E-state index in [1.807, 2.05) is 6.07 Å². The highest BCUT2D eigenvalue weighted by Gasteiger charge is 2.23. The summed E-state index contributed by atoms with van der Waals surface area (Å²) in [4.78, 5) is 15.9. The van der Waals surface area contributed by atoms with Gasteiger partial charge in [-0.1, -0.05) is 6.07 Å². The Balaban J connectivity index is 1.90. The first-order chi connectivity index (χ1) is 8.29. The lowest BCUT2D eigenvalue weighted by Crippen LogP contribution is -2.40. The van der Waals surface area contributed by atoms with Gasteiger partial charge in [0.25, 0.3) is 5.91 Å². The average molecular weight is 234 g/mol. The van der Waals surface area contributed by atoms with Crippen LogP contribution in [0.25, 0.3) is 0 Å². The first-order valence-electron chi connectivity index (χ1n) is 6.04. The minimum Gasteiger partial charge on any atom is -0.381 e. The standard InChI is InChI=1S/C13H18N2O2/c1-17-11-6-4-5-10(9-11)15-13(16)12-7-2-3-8-14-12/h2-3,7-8,10-11H,4-6,9H2,1H3,(H,15,16)/t10?,11-/m1/s1. The predicted octanol–water partition coefficient (Wildman–Crippen LogP) is 1.77. The summed E-state index contributed by atoms with van der Waals surface area (Å²) in [6, 6.07) is 5.56. The molecule has 1 heterocycles. The van der Waals surface area contributed by atoms with E-state index in [2.05, 4.69) is 10.3 Å². The van der Waals surface area contributed by atoms with E-state index in [1.54, 1.807) is 25.4 Å². The largest absolute Gasteiger partial charge is 0.381 e. The molecule has 17 heavy (non-hydrogen) atoms. The number of amides is 1. The highest BCUT2D eigenvalue weighted by molar-refractivity contribution is 5.92. The monoisotopic (exact) mass is 234 g/mol. The minimum atomic E-state index is -0.0904. The molecule has 0 saturated heterocycles. The van der Waals surface area contributed by atoms with Crippen LogP contribution in [0.1, 0.15) is 36.2 Å². The first-order valence-corrected chi connectivity index (χ1v) is 6.04. The van der Waals surface area contributed by atoms with Crippen LogP contribution in [0.2, 0.25) is 0 Å². The second kappa shape index (κ2) is 5.77. The normalized spacial score (nSPS) is 24.3. The Morgan fingerprint density at radius 1 is 1.47 bits per heavy atom. The molecule has 0 spiro atoms. The van der Waals surface area contributed by atoms with Crippen molar-refractivity contribution in [2.75, 3.05) is 7.11 Å². The number of hydrogen-bond donors (Lipinski definition) is 1. The summed E-state index contributed by atoms with van der Waals surface area (Å²) in [5.41, 5.74) is 0.479. The molecule has 1 unspecified atom stereocenters. The number of nitrogens with zero attached hydrogens (tertiary/aromatic N) is 1. The third-order valence-corrected chi connectivity index (χ3v) is 3.19. The fourth-order valence-corrected chi connectivity index (χ4v) is 2.25. The smallest absolute Gasteiger partial charge is 0.270 e. The Bertz CT molecular complexity index is 367. The van der Waals surface area contributed by atoms with Crippen LogP contribution >= 0.6 is 0 Å². The van der Waals surface area contributed by atoms with E-state index in [1.165, 1.54) is 0 Å². The molecule has 1 aromatic rings. The number of carbonyl (C=O) groups is 1. The fourth-order valence-electron chi connectivity index (χ4n) is 2.25. The van der Waals surface area contributed by atoms with Gasteiger partial charge in [-0.15, -0.1) is 0 Å². The molecule has 0 radical (unpaired) electrons. The number of hydrogen-bond acceptors (Lipinski definition) is 3. The zero-order valence-electron chi connectivity index (χ0n) is 10.1. The van der Waals surface area contributed by atoms with Crippen molar-refractivity contribution in [1.29, 1.82) is 0 Å². The van der Waals surface area contributed by atoms with Crippen LogP contribution < -0.4 is 5.32 Å². The molecular weight excluding hydrogens is 216 g/mol. The second-order valence-corrected chi connectivity index (χ2v) is 4.41. The van der Waals surface area contributed by atoms with Crippen molar-refractivity contribution in [3.05, 3.63) is 30.1 Å². The van der Waals surface area contributed by atoms with Crippen LogP contribution in [0.4, 0.5) is 0 Å². The third-order valence-electron chi connectivity index (χ3n) is 3.19. The summed E-state index contributed by atoms with van der Waals surface area (Å²) >= 11 is 0. The first kappa shape index (κ1) is 12.0. The number of carbonyl (C=O) groups excluding carboxylic acids is 1. The molecule has 2 atom stereocenters. The van der Waals surface area contributed by atoms with Crippen molar-refractivity contribution in [3.63, 3.8) is 0 Å². The molecule has 1 saturated carbocycles. The quantitative estimate of drug-likeness (QED) is 0.867. The van der Waals surface area contributed by atoms with Crippen LogP contribution in [0.15, 0.2) is 24.4 Å². The van der Waals surface area contributed by atoms with E-state index >= 15 is 0 Å². The molecule has 1 aromatic heterocycles. The summed E-state index contributed by atoms with van der Waals surface area (Å²) in [6.07, 6.45) is 6.03. The highest BCUT2D eigenvalue weighted by atomic mass is 16.5. The maximum absolute atomic E-state index is 11.9. The Hall–Kier alpha value is -1.42. The van der Waals surface area contributed by atoms with E-state index in [4.69, 9.17) is 4.74 Å². The van der Waals surface area contributed by atoms with Crippen LogP contribution in [-0.4, -0.2) is 30.1 Å². The maximum Gasteiger partial charge on any atom is 0.270 e. The molecule has 4 heteroatoms. The Morgan fingerprint density at radius 2 is 2.35 bits per heavy atom. The van der Waals surface area contributed by atoms with Gasteiger partial charge in [0.2, 0.25) is 0 Å². The number of pyridine rings is 1.